The van der Waals surface area contributed by atoms with E-state index >= 15 is 0 Å². The molecule has 0 fully saturated rings. The summed E-state index contributed by atoms with van der Waals surface area (Å²) >= 11 is 0. The third-order valence-corrected chi connectivity index (χ3v) is 3.92. The fourth-order valence-electron chi connectivity index (χ4n) is 2.53. The maximum Gasteiger partial charge on any atom is 0.422 e. The number of hydrogen-bond donors (Lipinski definition) is 1. The van der Waals surface area contributed by atoms with E-state index in [0.29, 0.717) is 13.2 Å². The zero-order chi connectivity index (χ0) is 21.4. The Hall–Kier alpha value is -3.33. The van der Waals surface area contributed by atoms with Gasteiger partial charge in [0.05, 0.1) is 18.4 Å². The Kier molecular flexibility index (Phi) is 7.08. The predicted molar refractivity (Wildman–Crippen MR) is 101 cm³/mol. The number of furan rings is 1. The molecule has 3 aromatic rings. The first-order chi connectivity index (χ1) is 14.4. The van der Waals surface area contributed by atoms with E-state index in [9.17, 15) is 18.0 Å². The van der Waals surface area contributed by atoms with Crippen LogP contribution >= 0.6 is 0 Å². The summed E-state index contributed by atoms with van der Waals surface area (Å²) in [5.41, 5.74) is 2.04. The number of carbonyl (C=O) groups excluding carboxylic acids is 1. The summed E-state index contributed by atoms with van der Waals surface area (Å²) in [5.74, 6) is 0.136. The van der Waals surface area contributed by atoms with Crippen molar-refractivity contribution in [3.8, 4) is 5.88 Å². The van der Waals surface area contributed by atoms with Gasteiger partial charge in [-0.25, -0.2) is 4.98 Å². The highest BCUT2D eigenvalue weighted by molar-refractivity contribution is 5.93. The molecule has 0 aliphatic rings. The van der Waals surface area contributed by atoms with Crippen LogP contribution in [-0.4, -0.2) is 23.7 Å². The van der Waals surface area contributed by atoms with E-state index in [2.05, 4.69) is 15.0 Å². The highest BCUT2D eigenvalue weighted by Gasteiger charge is 2.28. The number of benzene rings is 1. The van der Waals surface area contributed by atoms with Crippen LogP contribution in [0, 0.1) is 0 Å². The van der Waals surface area contributed by atoms with Crippen LogP contribution in [-0.2, 0) is 24.5 Å². The molecule has 0 atom stereocenters. The first-order valence-electron chi connectivity index (χ1n) is 9.01. The van der Waals surface area contributed by atoms with Crippen molar-refractivity contribution in [1.82, 2.24) is 10.3 Å². The van der Waals surface area contributed by atoms with Gasteiger partial charge in [0.1, 0.15) is 12.4 Å². The standard InChI is InChI=1S/C21H19F3N2O4/c22-21(23,24)14-30-19-7-6-17(11-25-19)20(27)26-10-15-3-1-4-16(9-15)12-28-13-18-5-2-8-29-18/h1-9,11H,10,12-14H2,(H,26,27). The molecule has 1 N–H and O–H groups in total. The fraction of sp³-hybridized carbons (Fsp3) is 0.238. The van der Waals surface area contributed by atoms with Crippen molar-refractivity contribution >= 4 is 5.91 Å². The minimum Gasteiger partial charge on any atom is -0.468 e. The second-order valence-corrected chi connectivity index (χ2v) is 6.36. The molecule has 0 unspecified atom stereocenters. The highest BCUT2D eigenvalue weighted by atomic mass is 19.4. The van der Waals surface area contributed by atoms with Crippen molar-refractivity contribution in [1.29, 1.82) is 0 Å². The second kappa shape index (κ2) is 9.93. The first kappa shape index (κ1) is 21.4. The summed E-state index contributed by atoms with van der Waals surface area (Å²) in [7, 11) is 0. The molecule has 0 saturated heterocycles. The molecule has 1 aromatic carbocycles. The van der Waals surface area contributed by atoms with Gasteiger partial charge in [0.2, 0.25) is 5.88 Å². The molecule has 158 valence electrons. The van der Waals surface area contributed by atoms with Crippen LogP contribution in [0.5, 0.6) is 5.88 Å². The maximum atomic E-state index is 12.2. The smallest absolute Gasteiger partial charge is 0.422 e. The van der Waals surface area contributed by atoms with Crippen LogP contribution < -0.4 is 10.1 Å². The quantitative estimate of drug-likeness (QED) is 0.560. The van der Waals surface area contributed by atoms with Crippen LogP contribution in [0.3, 0.4) is 0 Å². The van der Waals surface area contributed by atoms with E-state index in [1.54, 1.807) is 12.3 Å². The van der Waals surface area contributed by atoms with Crippen molar-refractivity contribution < 1.29 is 31.9 Å². The monoisotopic (exact) mass is 420 g/mol. The highest BCUT2D eigenvalue weighted by Crippen LogP contribution is 2.17. The number of aromatic nitrogens is 1. The van der Waals surface area contributed by atoms with E-state index < -0.39 is 18.7 Å². The number of amides is 1. The van der Waals surface area contributed by atoms with Crippen molar-refractivity contribution in [3.05, 3.63) is 83.4 Å². The minimum absolute atomic E-state index is 0.203. The number of hydrogen-bond acceptors (Lipinski definition) is 5. The third kappa shape index (κ3) is 6.93. The molecule has 0 bridgehead atoms. The summed E-state index contributed by atoms with van der Waals surface area (Å²) in [5, 5.41) is 2.74. The van der Waals surface area contributed by atoms with Crippen LogP contribution in [0.1, 0.15) is 27.2 Å². The van der Waals surface area contributed by atoms with E-state index in [1.807, 2.05) is 30.3 Å². The summed E-state index contributed by atoms with van der Waals surface area (Å²) < 4.78 is 51.7. The number of ether oxygens (including phenoxy) is 2. The molecule has 0 radical (unpaired) electrons. The Morgan fingerprint density at radius 3 is 2.60 bits per heavy atom. The molecule has 2 heterocycles. The zero-order valence-electron chi connectivity index (χ0n) is 15.8. The molecule has 1 amide bonds. The largest absolute Gasteiger partial charge is 0.468 e. The third-order valence-electron chi connectivity index (χ3n) is 3.92. The zero-order valence-corrected chi connectivity index (χ0v) is 15.8. The van der Waals surface area contributed by atoms with Crippen molar-refractivity contribution in [2.24, 2.45) is 0 Å². The van der Waals surface area contributed by atoms with Crippen LogP contribution in [0.15, 0.2) is 65.4 Å². The molecule has 0 aliphatic carbocycles. The average molecular weight is 420 g/mol. The van der Waals surface area contributed by atoms with Crippen molar-refractivity contribution in [2.45, 2.75) is 25.9 Å². The Balaban J connectivity index is 1.47. The molecule has 2 aromatic heterocycles. The number of pyridine rings is 1. The Bertz CT molecular complexity index is 942. The number of carbonyl (C=O) groups is 1. The Labute approximate surface area is 170 Å². The van der Waals surface area contributed by atoms with E-state index in [0.717, 1.165) is 16.9 Å². The first-order valence-corrected chi connectivity index (χ1v) is 9.01. The lowest BCUT2D eigenvalue weighted by Gasteiger charge is -2.09. The molecule has 0 aliphatic heterocycles. The van der Waals surface area contributed by atoms with Gasteiger partial charge in [0.25, 0.3) is 5.91 Å². The van der Waals surface area contributed by atoms with Gasteiger partial charge in [-0.2, -0.15) is 13.2 Å². The summed E-state index contributed by atoms with van der Waals surface area (Å²) in [4.78, 5) is 15.9. The SMILES string of the molecule is O=C(NCc1cccc(COCc2ccco2)c1)c1ccc(OCC(F)(F)F)nc1. The maximum absolute atomic E-state index is 12.2. The fourth-order valence-corrected chi connectivity index (χ4v) is 2.53. The van der Waals surface area contributed by atoms with Gasteiger partial charge < -0.3 is 19.2 Å². The topological polar surface area (TPSA) is 73.6 Å². The molecule has 3 rings (SSSR count). The van der Waals surface area contributed by atoms with E-state index in [4.69, 9.17) is 9.15 Å². The molecule has 0 spiro atoms. The molecule has 9 heteroatoms. The summed E-state index contributed by atoms with van der Waals surface area (Å²) in [6, 6.07) is 13.7. The van der Waals surface area contributed by atoms with Crippen molar-refractivity contribution in [3.63, 3.8) is 0 Å². The van der Waals surface area contributed by atoms with Gasteiger partial charge in [-0.1, -0.05) is 24.3 Å². The average Bonchev–Trinajstić information content (AvgIpc) is 3.24. The van der Waals surface area contributed by atoms with E-state index in [-0.39, 0.29) is 18.0 Å². The molecule has 30 heavy (non-hydrogen) atoms. The number of alkyl halides is 3. The van der Waals surface area contributed by atoms with Crippen LogP contribution in [0.4, 0.5) is 13.2 Å². The number of rotatable bonds is 9. The lowest BCUT2D eigenvalue weighted by Crippen LogP contribution is -2.23. The number of halogens is 3. The summed E-state index contributed by atoms with van der Waals surface area (Å²) in [6.45, 7) is -0.403. The van der Waals surface area contributed by atoms with Gasteiger partial charge in [-0.15, -0.1) is 0 Å². The van der Waals surface area contributed by atoms with E-state index in [1.165, 1.54) is 18.3 Å². The van der Waals surface area contributed by atoms with Crippen LogP contribution in [0.2, 0.25) is 0 Å². The van der Waals surface area contributed by atoms with Gasteiger partial charge in [-0.05, 0) is 29.3 Å². The normalized spacial score (nSPS) is 11.3. The predicted octanol–water partition coefficient (Wildman–Crippen LogP) is 4.26. The second-order valence-electron chi connectivity index (χ2n) is 6.36. The summed E-state index contributed by atoms with van der Waals surface area (Å²) in [6.07, 6.45) is -1.70. The lowest BCUT2D eigenvalue weighted by atomic mass is 10.1. The minimum atomic E-state index is -4.45. The number of nitrogens with zero attached hydrogens (tertiary/aromatic N) is 1. The van der Waals surface area contributed by atoms with Gasteiger partial charge in [-0.3, -0.25) is 4.79 Å². The Morgan fingerprint density at radius 2 is 1.90 bits per heavy atom. The van der Waals surface area contributed by atoms with Crippen LogP contribution in [0.25, 0.3) is 0 Å². The number of nitrogens with one attached hydrogen (secondary N) is 1. The molecule has 0 saturated carbocycles. The van der Waals surface area contributed by atoms with Gasteiger partial charge in [0, 0.05) is 18.8 Å². The van der Waals surface area contributed by atoms with Gasteiger partial charge in [0.15, 0.2) is 6.61 Å². The molecule has 6 nitrogen and oxygen atoms in total. The molecular weight excluding hydrogens is 401 g/mol. The van der Waals surface area contributed by atoms with Gasteiger partial charge >= 0.3 is 6.18 Å². The lowest BCUT2D eigenvalue weighted by molar-refractivity contribution is -0.154. The molecular formula is C21H19F3N2O4. The van der Waals surface area contributed by atoms with Crippen molar-refractivity contribution in [2.75, 3.05) is 6.61 Å². The Morgan fingerprint density at radius 1 is 1.07 bits per heavy atom.